The van der Waals surface area contributed by atoms with Gasteiger partial charge in [0, 0.05) is 19.8 Å². The Hall–Kier alpha value is -2.05. The van der Waals surface area contributed by atoms with Crippen molar-refractivity contribution < 1.29 is 0 Å². The first-order valence-corrected chi connectivity index (χ1v) is 5.60. The van der Waals surface area contributed by atoms with Crippen LogP contribution in [0.15, 0.2) is 12.4 Å². The van der Waals surface area contributed by atoms with Gasteiger partial charge in [-0.1, -0.05) is 13.3 Å². The average molecular weight is 233 g/mol. The number of rotatable bonds is 5. The number of hydrogen-bond acceptors (Lipinski definition) is 6. The van der Waals surface area contributed by atoms with Gasteiger partial charge in [0.1, 0.15) is 0 Å². The first-order valence-electron chi connectivity index (χ1n) is 5.60. The van der Waals surface area contributed by atoms with Crippen LogP contribution in [-0.2, 0) is 7.05 Å². The summed E-state index contributed by atoms with van der Waals surface area (Å²) >= 11 is 0. The first-order chi connectivity index (χ1) is 8.29. The highest BCUT2D eigenvalue weighted by molar-refractivity contribution is 5.50. The zero-order valence-corrected chi connectivity index (χ0v) is 9.96. The van der Waals surface area contributed by atoms with E-state index in [4.69, 9.17) is 0 Å². The summed E-state index contributed by atoms with van der Waals surface area (Å²) in [5.41, 5.74) is 0.813. The second-order valence-corrected chi connectivity index (χ2v) is 3.73. The average Bonchev–Trinajstić information content (AvgIpc) is 2.77. The van der Waals surface area contributed by atoms with Gasteiger partial charge in [0.15, 0.2) is 0 Å². The molecule has 0 fully saturated rings. The van der Waals surface area contributed by atoms with Gasteiger partial charge in [0.25, 0.3) is 5.95 Å². The molecule has 0 radical (unpaired) electrons. The summed E-state index contributed by atoms with van der Waals surface area (Å²) in [6.07, 6.45) is 5.71. The number of anilines is 1. The van der Waals surface area contributed by atoms with Crippen molar-refractivity contribution in [3.05, 3.63) is 12.4 Å². The van der Waals surface area contributed by atoms with E-state index in [1.54, 1.807) is 10.9 Å². The highest BCUT2D eigenvalue weighted by atomic mass is 15.3. The van der Waals surface area contributed by atoms with Crippen molar-refractivity contribution in [1.82, 2.24) is 30.2 Å². The Balaban J connectivity index is 2.02. The Bertz CT molecular complexity index is 462. The Morgan fingerprint density at radius 1 is 1.24 bits per heavy atom. The monoisotopic (exact) mass is 233 g/mol. The first kappa shape index (κ1) is 11.4. The minimum Gasteiger partial charge on any atom is -0.352 e. The quantitative estimate of drug-likeness (QED) is 0.772. The van der Waals surface area contributed by atoms with Crippen LogP contribution in [0.2, 0.25) is 0 Å². The Morgan fingerprint density at radius 3 is 2.59 bits per heavy atom. The summed E-state index contributed by atoms with van der Waals surface area (Å²) in [7, 11) is 1.84. The molecular weight excluding hydrogens is 218 g/mol. The van der Waals surface area contributed by atoms with E-state index in [1.165, 1.54) is 0 Å². The zero-order valence-electron chi connectivity index (χ0n) is 9.96. The number of aryl methyl sites for hydroxylation is 1. The maximum Gasteiger partial charge on any atom is 0.262 e. The molecular formula is C10H15N7. The Labute approximate surface area is 99.3 Å². The van der Waals surface area contributed by atoms with Crippen molar-refractivity contribution in [1.29, 1.82) is 0 Å². The van der Waals surface area contributed by atoms with Gasteiger partial charge in [-0.3, -0.25) is 4.68 Å². The molecule has 0 saturated heterocycles. The Morgan fingerprint density at radius 2 is 2.00 bits per heavy atom. The zero-order chi connectivity index (χ0) is 12.1. The third kappa shape index (κ3) is 2.96. The molecule has 0 atom stereocenters. The molecule has 0 amide bonds. The molecule has 0 bridgehead atoms. The topological polar surface area (TPSA) is 81.4 Å². The van der Waals surface area contributed by atoms with Gasteiger partial charge < -0.3 is 5.32 Å². The molecule has 2 heterocycles. The summed E-state index contributed by atoms with van der Waals surface area (Å²) in [6, 6.07) is 0. The van der Waals surface area contributed by atoms with E-state index in [1.807, 2.05) is 13.2 Å². The predicted molar refractivity (Wildman–Crippen MR) is 63.2 cm³/mol. The standard InChI is InChI=1S/C10H15N7/c1-3-4-5-11-10-15-13-9(14-16-10)8-6-12-17(2)7-8/h6-7H,3-5H2,1-2H3,(H,11,15,16). The van der Waals surface area contributed by atoms with Crippen molar-refractivity contribution >= 4 is 5.95 Å². The molecule has 7 nitrogen and oxygen atoms in total. The molecule has 0 saturated carbocycles. The van der Waals surface area contributed by atoms with E-state index >= 15 is 0 Å². The van der Waals surface area contributed by atoms with Crippen molar-refractivity contribution in [2.45, 2.75) is 19.8 Å². The molecule has 0 aromatic carbocycles. The molecule has 0 aliphatic carbocycles. The maximum absolute atomic E-state index is 4.04. The van der Waals surface area contributed by atoms with Crippen LogP contribution in [0.3, 0.4) is 0 Å². The van der Waals surface area contributed by atoms with Gasteiger partial charge in [0.2, 0.25) is 5.82 Å². The minimum absolute atomic E-state index is 0.464. The minimum atomic E-state index is 0.464. The van der Waals surface area contributed by atoms with Gasteiger partial charge in [-0.15, -0.1) is 20.4 Å². The third-order valence-corrected chi connectivity index (χ3v) is 2.26. The lowest BCUT2D eigenvalue weighted by Gasteiger charge is -2.01. The van der Waals surface area contributed by atoms with Crippen LogP contribution < -0.4 is 5.32 Å². The summed E-state index contributed by atoms with van der Waals surface area (Å²) in [4.78, 5) is 0. The molecule has 7 heteroatoms. The van der Waals surface area contributed by atoms with E-state index in [2.05, 4.69) is 37.7 Å². The molecule has 0 unspecified atom stereocenters. The van der Waals surface area contributed by atoms with Crippen LogP contribution in [0.25, 0.3) is 11.4 Å². The second-order valence-electron chi connectivity index (χ2n) is 3.73. The van der Waals surface area contributed by atoms with Crippen LogP contribution >= 0.6 is 0 Å². The number of hydrogen-bond donors (Lipinski definition) is 1. The SMILES string of the molecule is CCCCNc1nnc(-c2cnn(C)c2)nn1. The fourth-order valence-corrected chi connectivity index (χ4v) is 1.33. The summed E-state index contributed by atoms with van der Waals surface area (Å²) in [5.74, 6) is 0.949. The van der Waals surface area contributed by atoms with Gasteiger partial charge in [-0.25, -0.2) is 0 Å². The molecule has 2 aromatic rings. The molecule has 0 spiro atoms. The normalized spacial score (nSPS) is 10.5. The van der Waals surface area contributed by atoms with Gasteiger partial charge in [-0.05, 0) is 6.42 Å². The molecule has 17 heavy (non-hydrogen) atoms. The maximum atomic E-state index is 4.04. The summed E-state index contributed by atoms with van der Waals surface area (Å²) < 4.78 is 1.69. The fraction of sp³-hybridized carbons (Fsp3) is 0.500. The van der Waals surface area contributed by atoms with Crippen molar-refractivity contribution in [3.63, 3.8) is 0 Å². The second kappa shape index (κ2) is 5.33. The molecule has 0 aliphatic rings. The van der Waals surface area contributed by atoms with E-state index in [0.717, 1.165) is 24.9 Å². The smallest absolute Gasteiger partial charge is 0.262 e. The highest BCUT2D eigenvalue weighted by Gasteiger charge is 2.05. The molecule has 2 aromatic heterocycles. The van der Waals surface area contributed by atoms with Crippen LogP contribution in [0.1, 0.15) is 19.8 Å². The van der Waals surface area contributed by atoms with Crippen molar-refractivity contribution in [3.8, 4) is 11.4 Å². The molecule has 90 valence electrons. The van der Waals surface area contributed by atoms with Crippen LogP contribution in [-0.4, -0.2) is 36.7 Å². The number of nitrogens with one attached hydrogen (secondary N) is 1. The number of aromatic nitrogens is 6. The van der Waals surface area contributed by atoms with E-state index in [-0.39, 0.29) is 0 Å². The van der Waals surface area contributed by atoms with E-state index in [0.29, 0.717) is 11.8 Å². The summed E-state index contributed by atoms with van der Waals surface area (Å²) in [5, 5.41) is 23.0. The van der Waals surface area contributed by atoms with Crippen molar-refractivity contribution in [2.24, 2.45) is 7.05 Å². The third-order valence-electron chi connectivity index (χ3n) is 2.26. The van der Waals surface area contributed by atoms with Gasteiger partial charge >= 0.3 is 0 Å². The number of nitrogens with zero attached hydrogens (tertiary/aromatic N) is 6. The van der Waals surface area contributed by atoms with Crippen molar-refractivity contribution in [2.75, 3.05) is 11.9 Å². The predicted octanol–water partition coefficient (Wildman–Crippen LogP) is 0.879. The largest absolute Gasteiger partial charge is 0.352 e. The Kier molecular flexibility index (Phi) is 3.59. The van der Waals surface area contributed by atoms with Crippen LogP contribution in [0.5, 0.6) is 0 Å². The lowest BCUT2D eigenvalue weighted by atomic mass is 10.3. The van der Waals surface area contributed by atoms with Gasteiger partial charge in [0.05, 0.1) is 11.8 Å². The lowest BCUT2D eigenvalue weighted by molar-refractivity contribution is 0.767. The number of unbranched alkanes of at least 4 members (excludes halogenated alkanes) is 1. The molecule has 1 N–H and O–H groups in total. The fourth-order valence-electron chi connectivity index (χ4n) is 1.33. The van der Waals surface area contributed by atoms with Crippen LogP contribution in [0, 0.1) is 0 Å². The molecule has 2 rings (SSSR count). The van der Waals surface area contributed by atoms with Crippen LogP contribution in [0.4, 0.5) is 5.95 Å². The van der Waals surface area contributed by atoms with Gasteiger partial charge in [-0.2, -0.15) is 5.10 Å². The van der Waals surface area contributed by atoms with E-state index < -0.39 is 0 Å². The summed E-state index contributed by atoms with van der Waals surface area (Å²) in [6.45, 7) is 2.97. The lowest BCUT2D eigenvalue weighted by Crippen LogP contribution is -2.08. The molecule has 0 aliphatic heterocycles. The highest BCUT2D eigenvalue weighted by Crippen LogP contribution is 2.10. The van der Waals surface area contributed by atoms with E-state index in [9.17, 15) is 0 Å².